The van der Waals surface area contributed by atoms with E-state index in [0.717, 1.165) is 45.2 Å². The second kappa shape index (κ2) is 15.5. The minimum atomic E-state index is -0.659. The van der Waals surface area contributed by atoms with Gasteiger partial charge in [-0.25, -0.2) is 0 Å². The summed E-state index contributed by atoms with van der Waals surface area (Å²) in [4.78, 5) is 2.61. The standard InChI is InChI=1S/C68H49NO/c1-67(2)60-29-11-8-22-54(60)56-42-41-50(43-62(56)67)69(49-39-35-45(36-40-49)52-25-14-18-44-17-6-7-21-51(44)52)63-31-16-27-58-55-23-9-12-30-61(55)68(65(58)63,47-19-4-3-5-20-47)48-37-33-46(34-38-48)53-26-15-28-59-57-24-10-13-32-64(57)70-66(53)59/h3-42,62H,43H2,1-2H3. The smallest absolute Gasteiger partial charge is 0.143 e. The Hall–Kier alpha value is -8.46. The van der Waals surface area contributed by atoms with Crippen LogP contribution in [0.4, 0.5) is 11.4 Å². The molecule has 2 nitrogen and oxygen atoms in total. The summed E-state index contributed by atoms with van der Waals surface area (Å²) in [5.74, 6) is 0.318. The monoisotopic (exact) mass is 895 g/mol. The number of fused-ring (bicyclic) bond motifs is 10. The predicted octanol–water partition coefficient (Wildman–Crippen LogP) is 17.9. The summed E-state index contributed by atoms with van der Waals surface area (Å²) in [6.45, 7) is 4.89. The molecule has 0 bridgehead atoms. The van der Waals surface area contributed by atoms with E-state index in [0.29, 0.717) is 5.92 Å². The average molecular weight is 896 g/mol. The van der Waals surface area contributed by atoms with Crippen molar-refractivity contribution in [3.05, 3.63) is 282 Å². The van der Waals surface area contributed by atoms with Crippen molar-refractivity contribution in [1.29, 1.82) is 0 Å². The second-order valence-electron chi connectivity index (χ2n) is 19.9. The van der Waals surface area contributed by atoms with Crippen LogP contribution in [0.3, 0.4) is 0 Å². The molecule has 1 aromatic heterocycles. The molecule has 2 atom stereocenters. The van der Waals surface area contributed by atoms with Gasteiger partial charge in [-0.2, -0.15) is 0 Å². The van der Waals surface area contributed by atoms with Crippen LogP contribution in [0.15, 0.2) is 253 Å². The number of hydrogen-bond donors (Lipinski definition) is 0. The van der Waals surface area contributed by atoms with E-state index in [1.807, 2.05) is 6.07 Å². The fraction of sp³-hybridized carbons (Fsp3) is 0.0882. The number of allylic oxidation sites excluding steroid dienone is 4. The molecule has 0 saturated carbocycles. The Balaban J connectivity index is 0.996. The predicted molar refractivity (Wildman–Crippen MR) is 292 cm³/mol. The zero-order valence-corrected chi connectivity index (χ0v) is 39.2. The van der Waals surface area contributed by atoms with Crippen LogP contribution >= 0.6 is 0 Å². The number of benzene rings is 10. The van der Waals surface area contributed by atoms with Crippen molar-refractivity contribution in [3.63, 3.8) is 0 Å². The molecule has 0 spiro atoms. The zero-order valence-electron chi connectivity index (χ0n) is 39.2. The Morgan fingerprint density at radius 3 is 1.87 bits per heavy atom. The number of hydrogen-bond acceptors (Lipinski definition) is 2. The highest BCUT2D eigenvalue weighted by molar-refractivity contribution is 6.09. The average Bonchev–Trinajstić information content (AvgIpc) is 4.03. The summed E-state index contributed by atoms with van der Waals surface area (Å²) in [7, 11) is 0. The first kappa shape index (κ1) is 40.6. The normalized spacial score (nSPS) is 17.4. The van der Waals surface area contributed by atoms with Crippen LogP contribution in [-0.2, 0) is 10.8 Å². The molecule has 0 fully saturated rings. The third kappa shape index (κ3) is 5.86. The molecule has 1 heterocycles. The minimum Gasteiger partial charge on any atom is -0.455 e. The molecule has 11 aromatic rings. The van der Waals surface area contributed by atoms with E-state index in [2.05, 4.69) is 255 Å². The highest BCUT2D eigenvalue weighted by Gasteiger charge is 2.49. The number of furan rings is 1. The summed E-state index contributed by atoms with van der Waals surface area (Å²) in [5, 5.41) is 4.78. The molecule has 0 amide bonds. The molecular weight excluding hydrogens is 847 g/mol. The molecule has 3 aliphatic carbocycles. The van der Waals surface area contributed by atoms with Gasteiger partial charge in [0, 0.05) is 33.3 Å². The topological polar surface area (TPSA) is 16.4 Å². The third-order valence-corrected chi connectivity index (χ3v) is 16.1. The van der Waals surface area contributed by atoms with Gasteiger partial charge in [0.05, 0.1) is 11.1 Å². The van der Waals surface area contributed by atoms with E-state index in [1.165, 1.54) is 83.4 Å². The fourth-order valence-electron chi connectivity index (χ4n) is 12.8. The number of para-hydroxylation sites is 2. The van der Waals surface area contributed by atoms with Crippen LogP contribution in [0.5, 0.6) is 0 Å². The van der Waals surface area contributed by atoms with Gasteiger partial charge in [-0.1, -0.05) is 226 Å². The van der Waals surface area contributed by atoms with Gasteiger partial charge in [-0.15, -0.1) is 0 Å². The quantitative estimate of drug-likeness (QED) is 0.158. The van der Waals surface area contributed by atoms with E-state index < -0.39 is 5.41 Å². The number of anilines is 2. The molecule has 2 heteroatoms. The van der Waals surface area contributed by atoms with E-state index in [4.69, 9.17) is 4.42 Å². The maximum atomic E-state index is 6.59. The lowest BCUT2D eigenvalue weighted by atomic mass is 9.67. The number of nitrogens with zero attached hydrogens (tertiary/aromatic N) is 1. The van der Waals surface area contributed by atoms with Crippen molar-refractivity contribution in [2.45, 2.75) is 31.1 Å². The van der Waals surface area contributed by atoms with Gasteiger partial charge in [-0.05, 0) is 120 Å². The van der Waals surface area contributed by atoms with Gasteiger partial charge < -0.3 is 9.32 Å². The van der Waals surface area contributed by atoms with Crippen molar-refractivity contribution in [2.24, 2.45) is 5.92 Å². The molecule has 14 rings (SSSR count). The maximum absolute atomic E-state index is 6.59. The highest BCUT2D eigenvalue weighted by Crippen LogP contribution is 2.61. The van der Waals surface area contributed by atoms with Gasteiger partial charge in [0.2, 0.25) is 0 Å². The molecule has 0 N–H and O–H groups in total. The molecule has 70 heavy (non-hydrogen) atoms. The van der Waals surface area contributed by atoms with Gasteiger partial charge in [-0.3, -0.25) is 0 Å². The van der Waals surface area contributed by atoms with E-state index in [1.54, 1.807) is 0 Å². The molecular formula is C68H49NO. The summed E-state index contributed by atoms with van der Waals surface area (Å²) < 4.78 is 6.59. The van der Waals surface area contributed by atoms with Crippen LogP contribution < -0.4 is 4.90 Å². The molecule has 0 radical (unpaired) electrons. The van der Waals surface area contributed by atoms with Crippen LogP contribution in [0.25, 0.3) is 71.7 Å². The lowest BCUT2D eigenvalue weighted by Crippen LogP contribution is -2.32. The largest absolute Gasteiger partial charge is 0.455 e. The Bertz CT molecular complexity index is 3940. The molecule has 0 saturated heterocycles. The Labute approximate surface area is 409 Å². The molecule has 3 aliphatic rings. The highest BCUT2D eigenvalue weighted by atomic mass is 16.3. The lowest BCUT2D eigenvalue weighted by molar-refractivity contribution is 0.406. The molecule has 332 valence electrons. The van der Waals surface area contributed by atoms with Crippen molar-refractivity contribution in [1.82, 2.24) is 0 Å². The third-order valence-electron chi connectivity index (χ3n) is 16.1. The minimum absolute atomic E-state index is 0.0387. The summed E-state index contributed by atoms with van der Waals surface area (Å²) in [5.41, 5.74) is 21.2. The summed E-state index contributed by atoms with van der Waals surface area (Å²) in [6.07, 6.45) is 5.75. The van der Waals surface area contributed by atoms with E-state index in [-0.39, 0.29) is 5.41 Å². The van der Waals surface area contributed by atoms with E-state index in [9.17, 15) is 0 Å². The first-order valence-corrected chi connectivity index (χ1v) is 24.7. The van der Waals surface area contributed by atoms with Gasteiger partial charge in [0.15, 0.2) is 0 Å². The summed E-state index contributed by atoms with van der Waals surface area (Å²) >= 11 is 0. The molecule has 10 aromatic carbocycles. The Kier molecular flexibility index (Phi) is 9.01. The van der Waals surface area contributed by atoms with Crippen molar-refractivity contribution < 1.29 is 4.42 Å². The number of rotatable bonds is 7. The van der Waals surface area contributed by atoms with Crippen LogP contribution in [0.2, 0.25) is 0 Å². The van der Waals surface area contributed by atoms with Crippen molar-refractivity contribution >= 4 is 49.7 Å². The Morgan fingerprint density at radius 1 is 0.443 bits per heavy atom. The maximum Gasteiger partial charge on any atom is 0.143 e. The van der Waals surface area contributed by atoms with Crippen LogP contribution in [0, 0.1) is 5.92 Å². The SMILES string of the molecule is CC1(C)c2ccccc2C2=CC=C(N(c3ccc(-c4cccc5ccccc45)cc3)c3cccc4c3C(c3ccccc3)(c3ccc(-c5cccc6c5oc5ccccc56)cc3)c3ccccc3-4)CC21. The Morgan fingerprint density at radius 2 is 1.03 bits per heavy atom. The van der Waals surface area contributed by atoms with Crippen molar-refractivity contribution in [2.75, 3.05) is 4.90 Å². The molecule has 0 aliphatic heterocycles. The second-order valence-corrected chi connectivity index (χ2v) is 19.9. The summed E-state index contributed by atoms with van der Waals surface area (Å²) in [6, 6.07) is 85.4. The first-order chi connectivity index (χ1) is 34.5. The zero-order chi connectivity index (χ0) is 46.6. The first-order valence-electron chi connectivity index (χ1n) is 24.7. The van der Waals surface area contributed by atoms with Gasteiger partial charge in [0.25, 0.3) is 0 Å². The van der Waals surface area contributed by atoms with Crippen LogP contribution in [0.1, 0.15) is 53.6 Å². The van der Waals surface area contributed by atoms with Gasteiger partial charge >= 0.3 is 0 Å². The van der Waals surface area contributed by atoms with Crippen LogP contribution in [-0.4, -0.2) is 0 Å². The fourth-order valence-corrected chi connectivity index (χ4v) is 12.8. The molecule has 2 unspecified atom stereocenters. The van der Waals surface area contributed by atoms with E-state index >= 15 is 0 Å². The lowest BCUT2D eigenvalue weighted by Gasteiger charge is -2.40. The van der Waals surface area contributed by atoms with Gasteiger partial charge in [0.1, 0.15) is 11.2 Å². The van der Waals surface area contributed by atoms with Crippen molar-refractivity contribution in [3.8, 4) is 33.4 Å².